The second-order valence-corrected chi connectivity index (χ2v) is 7.21. The molecule has 0 bridgehead atoms. The molecule has 1 amide bonds. The van der Waals surface area contributed by atoms with Gasteiger partial charge >= 0.3 is 5.97 Å². The first-order chi connectivity index (χ1) is 13.0. The van der Waals surface area contributed by atoms with Crippen molar-refractivity contribution in [2.75, 3.05) is 13.1 Å². The van der Waals surface area contributed by atoms with Crippen LogP contribution in [0.4, 0.5) is 0 Å². The van der Waals surface area contributed by atoms with Gasteiger partial charge < -0.3 is 10.0 Å². The lowest BCUT2D eigenvalue weighted by Crippen LogP contribution is -2.27. The summed E-state index contributed by atoms with van der Waals surface area (Å²) in [5.74, 6) is -1.17. The number of hydrogen-bond acceptors (Lipinski definition) is 3. The van der Waals surface area contributed by atoms with Crippen LogP contribution in [0, 0.1) is 5.92 Å². The molecule has 1 fully saturated rings. The van der Waals surface area contributed by atoms with Crippen molar-refractivity contribution in [2.45, 2.75) is 51.9 Å². The van der Waals surface area contributed by atoms with Crippen LogP contribution < -0.4 is 0 Å². The molecule has 146 valence electrons. The molecule has 1 N–H and O–H groups in total. The van der Waals surface area contributed by atoms with E-state index in [9.17, 15) is 14.4 Å². The minimum absolute atomic E-state index is 0.0328. The molecule has 5 heteroatoms. The van der Waals surface area contributed by atoms with E-state index in [2.05, 4.69) is 0 Å². The van der Waals surface area contributed by atoms with Gasteiger partial charge in [0.2, 0.25) is 5.91 Å². The van der Waals surface area contributed by atoms with Gasteiger partial charge in [0.05, 0.1) is 5.92 Å². The van der Waals surface area contributed by atoms with Crippen LogP contribution in [0.15, 0.2) is 30.3 Å². The van der Waals surface area contributed by atoms with Gasteiger partial charge in [-0.1, -0.05) is 37.3 Å². The van der Waals surface area contributed by atoms with E-state index in [4.69, 9.17) is 5.11 Å². The number of aliphatic carboxylic acids is 1. The van der Waals surface area contributed by atoms with Crippen LogP contribution in [-0.4, -0.2) is 40.8 Å². The zero-order valence-corrected chi connectivity index (χ0v) is 16.0. The lowest BCUT2D eigenvalue weighted by atomic mass is 9.99. The second kappa shape index (κ2) is 10.7. The van der Waals surface area contributed by atoms with Crippen molar-refractivity contribution in [3.63, 3.8) is 0 Å². The maximum Gasteiger partial charge on any atom is 0.306 e. The first-order valence-corrected chi connectivity index (χ1v) is 9.78. The molecular formula is C22H29NO4. The molecule has 1 aliphatic rings. The first kappa shape index (κ1) is 20.9. The Morgan fingerprint density at radius 2 is 1.93 bits per heavy atom. The summed E-state index contributed by atoms with van der Waals surface area (Å²) in [6.07, 6.45) is 9.07. The number of carboxylic acids is 1. The maximum absolute atomic E-state index is 12.2. The number of likely N-dealkylation sites (tertiary alicyclic amines) is 1. The zero-order valence-electron chi connectivity index (χ0n) is 16.0. The van der Waals surface area contributed by atoms with Crippen LogP contribution >= 0.6 is 0 Å². The molecule has 2 rings (SSSR count). The zero-order chi connectivity index (χ0) is 19.6. The predicted molar refractivity (Wildman–Crippen MR) is 106 cm³/mol. The Morgan fingerprint density at radius 3 is 2.63 bits per heavy atom. The highest BCUT2D eigenvalue weighted by molar-refractivity contribution is 5.96. The molecule has 0 spiro atoms. The Kier molecular flexibility index (Phi) is 8.24. The molecule has 1 aromatic carbocycles. The Hall–Kier alpha value is -2.43. The third-order valence-electron chi connectivity index (χ3n) is 4.97. The normalized spacial score (nSPS) is 15.2. The summed E-state index contributed by atoms with van der Waals surface area (Å²) in [5, 5.41) is 8.90. The maximum atomic E-state index is 12.2. The van der Waals surface area contributed by atoms with Crippen molar-refractivity contribution in [3.8, 4) is 0 Å². The van der Waals surface area contributed by atoms with E-state index >= 15 is 0 Å². The molecule has 1 aromatic rings. The Labute approximate surface area is 161 Å². The number of ketones is 1. The number of benzene rings is 1. The van der Waals surface area contributed by atoms with Gasteiger partial charge in [0, 0.05) is 31.5 Å². The van der Waals surface area contributed by atoms with E-state index in [1.807, 2.05) is 35.3 Å². The number of carboxylic acid groups (broad SMARTS) is 1. The van der Waals surface area contributed by atoms with Crippen molar-refractivity contribution in [1.82, 2.24) is 4.90 Å². The molecule has 0 unspecified atom stereocenters. The second-order valence-electron chi connectivity index (χ2n) is 7.21. The highest BCUT2D eigenvalue weighted by Gasteiger charge is 2.16. The van der Waals surface area contributed by atoms with Gasteiger partial charge in [-0.15, -0.1) is 0 Å². The lowest BCUT2D eigenvalue weighted by molar-refractivity contribution is -0.141. The summed E-state index contributed by atoms with van der Waals surface area (Å²) in [7, 11) is 0. The molecule has 1 aliphatic heterocycles. The number of rotatable bonds is 10. The third kappa shape index (κ3) is 7.00. The SMILES string of the molecule is C[C@@H](CCC(=O)c1cccc(/C=C\CCCC(=O)N2CCCC2)c1)C(=O)O. The largest absolute Gasteiger partial charge is 0.481 e. The number of nitrogens with zero attached hydrogens (tertiary/aromatic N) is 1. The molecule has 0 aromatic heterocycles. The number of Topliss-reactive ketones (excluding diaryl/α,β-unsaturated/α-hetero) is 1. The molecule has 1 heterocycles. The van der Waals surface area contributed by atoms with Crippen molar-refractivity contribution in [2.24, 2.45) is 5.92 Å². The molecule has 0 saturated carbocycles. The van der Waals surface area contributed by atoms with Gasteiger partial charge in [0.25, 0.3) is 0 Å². The van der Waals surface area contributed by atoms with Crippen molar-refractivity contribution in [1.29, 1.82) is 0 Å². The Balaban J connectivity index is 1.77. The van der Waals surface area contributed by atoms with Crippen LogP contribution in [0.3, 0.4) is 0 Å². The molecule has 0 aliphatic carbocycles. The van der Waals surface area contributed by atoms with Crippen molar-refractivity contribution < 1.29 is 19.5 Å². The van der Waals surface area contributed by atoms with Gasteiger partial charge in [-0.3, -0.25) is 14.4 Å². The summed E-state index contributed by atoms with van der Waals surface area (Å²) in [6.45, 7) is 3.42. The third-order valence-corrected chi connectivity index (χ3v) is 4.97. The number of carbonyl (C=O) groups excluding carboxylic acids is 2. The van der Waals surface area contributed by atoms with Crippen LogP contribution in [-0.2, 0) is 9.59 Å². The standard InChI is InChI=1S/C22H29NO4/c1-17(22(26)27)12-13-20(24)19-10-7-9-18(16-19)8-3-2-4-11-21(25)23-14-5-6-15-23/h3,7-10,16-17H,2,4-6,11-15H2,1H3,(H,26,27)/b8-3-/t17-/m0/s1. The van der Waals surface area contributed by atoms with Gasteiger partial charge in [-0.25, -0.2) is 0 Å². The fourth-order valence-electron chi connectivity index (χ4n) is 3.15. The van der Waals surface area contributed by atoms with Gasteiger partial charge in [-0.2, -0.15) is 0 Å². The summed E-state index contributed by atoms with van der Waals surface area (Å²) >= 11 is 0. The fourth-order valence-corrected chi connectivity index (χ4v) is 3.15. The van der Waals surface area contributed by atoms with Crippen molar-refractivity contribution in [3.05, 3.63) is 41.5 Å². The van der Waals surface area contributed by atoms with Crippen LogP contribution in [0.1, 0.15) is 67.8 Å². The minimum Gasteiger partial charge on any atom is -0.481 e. The average molecular weight is 371 g/mol. The van der Waals surface area contributed by atoms with Crippen LogP contribution in [0.25, 0.3) is 6.08 Å². The van der Waals surface area contributed by atoms with E-state index in [1.165, 1.54) is 0 Å². The smallest absolute Gasteiger partial charge is 0.306 e. The van der Waals surface area contributed by atoms with Gasteiger partial charge in [-0.05, 0) is 43.7 Å². The summed E-state index contributed by atoms with van der Waals surface area (Å²) < 4.78 is 0. The minimum atomic E-state index is -0.873. The number of amides is 1. The van der Waals surface area contributed by atoms with E-state index in [1.54, 1.807) is 13.0 Å². The molecular weight excluding hydrogens is 342 g/mol. The highest BCUT2D eigenvalue weighted by Crippen LogP contribution is 2.15. The molecule has 0 radical (unpaired) electrons. The van der Waals surface area contributed by atoms with E-state index < -0.39 is 11.9 Å². The summed E-state index contributed by atoms with van der Waals surface area (Å²) in [6, 6.07) is 7.37. The molecule has 1 saturated heterocycles. The topological polar surface area (TPSA) is 74.7 Å². The van der Waals surface area contributed by atoms with Gasteiger partial charge in [0.1, 0.15) is 0 Å². The highest BCUT2D eigenvalue weighted by atomic mass is 16.4. The molecule has 5 nitrogen and oxygen atoms in total. The first-order valence-electron chi connectivity index (χ1n) is 9.78. The number of hydrogen-bond donors (Lipinski definition) is 1. The number of allylic oxidation sites excluding steroid dienone is 1. The van der Waals surface area contributed by atoms with E-state index in [-0.39, 0.29) is 18.1 Å². The van der Waals surface area contributed by atoms with Crippen LogP contribution in [0.2, 0.25) is 0 Å². The quantitative estimate of drug-likeness (QED) is 0.495. The average Bonchev–Trinajstić information content (AvgIpc) is 3.20. The number of unbranched alkanes of at least 4 members (excludes halogenated alkanes) is 1. The van der Waals surface area contributed by atoms with E-state index in [0.29, 0.717) is 18.4 Å². The van der Waals surface area contributed by atoms with Crippen molar-refractivity contribution >= 4 is 23.7 Å². The number of carbonyl (C=O) groups is 3. The Bertz CT molecular complexity index is 689. The monoisotopic (exact) mass is 371 g/mol. The summed E-state index contributed by atoms with van der Waals surface area (Å²) in [4.78, 5) is 37.0. The predicted octanol–water partition coefficient (Wildman–Crippen LogP) is 4.18. The lowest BCUT2D eigenvalue weighted by Gasteiger charge is -2.14. The van der Waals surface area contributed by atoms with Crippen LogP contribution in [0.5, 0.6) is 0 Å². The fraction of sp³-hybridized carbons (Fsp3) is 0.500. The van der Waals surface area contributed by atoms with Gasteiger partial charge in [0.15, 0.2) is 5.78 Å². The molecule has 27 heavy (non-hydrogen) atoms. The summed E-state index contributed by atoms with van der Waals surface area (Å²) in [5.41, 5.74) is 1.55. The Morgan fingerprint density at radius 1 is 1.19 bits per heavy atom. The molecule has 1 atom stereocenters. The van der Waals surface area contributed by atoms with E-state index in [0.717, 1.165) is 44.3 Å².